The molecule has 1 aliphatic carbocycles. The van der Waals surface area contributed by atoms with Gasteiger partial charge in [-0.05, 0) is 61.2 Å². The number of fused-ring (bicyclic) bond motifs is 1. The smallest absolute Gasteiger partial charge is 0.235 e. The van der Waals surface area contributed by atoms with E-state index in [9.17, 15) is 9.59 Å². The number of amides is 2. The summed E-state index contributed by atoms with van der Waals surface area (Å²) in [5, 5.41) is 3.79. The van der Waals surface area contributed by atoms with E-state index in [-0.39, 0.29) is 11.8 Å². The second-order valence-corrected chi connectivity index (χ2v) is 7.84. The molecule has 2 aliphatic rings. The SMILES string of the molecule is CCN1C(=O)Cc2cc(NC(=O)C3(c4ccc(Cl)cc4)CCCC3)ccc21. The third kappa shape index (κ3) is 3.12. The summed E-state index contributed by atoms with van der Waals surface area (Å²) in [5.74, 6) is 0.142. The van der Waals surface area contributed by atoms with Crippen LogP contribution in [0.1, 0.15) is 43.7 Å². The summed E-state index contributed by atoms with van der Waals surface area (Å²) in [7, 11) is 0. The number of rotatable bonds is 4. The van der Waals surface area contributed by atoms with Crippen LogP contribution in [0, 0.1) is 0 Å². The third-order valence-electron chi connectivity index (χ3n) is 5.88. The van der Waals surface area contributed by atoms with Gasteiger partial charge in [0.25, 0.3) is 0 Å². The van der Waals surface area contributed by atoms with E-state index in [0.717, 1.165) is 48.2 Å². The molecule has 0 atom stereocenters. The number of nitrogens with one attached hydrogen (secondary N) is 1. The Balaban J connectivity index is 1.60. The minimum atomic E-state index is -0.505. The first-order chi connectivity index (χ1) is 13.0. The molecular formula is C22H23ClN2O2. The number of hydrogen-bond acceptors (Lipinski definition) is 2. The summed E-state index contributed by atoms with van der Waals surface area (Å²) in [4.78, 5) is 27.2. The van der Waals surface area contributed by atoms with Crippen LogP contribution in [-0.2, 0) is 21.4 Å². The number of benzene rings is 2. The predicted molar refractivity (Wildman–Crippen MR) is 108 cm³/mol. The molecule has 140 valence electrons. The van der Waals surface area contributed by atoms with E-state index in [1.165, 1.54) is 0 Å². The first kappa shape index (κ1) is 18.1. The Labute approximate surface area is 164 Å². The van der Waals surface area contributed by atoms with Crippen LogP contribution in [0.25, 0.3) is 0 Å². The van der Waals surface area contributed by atoms with Crippen LogP contribution >= 0.6 is 11.6 Å². The van der Waals surface area contributed by atoms with Crippen molar-refractivity contribution in [3.8, 4) is 0 Å². The van der Waals surface area contributed by atoms with Crippen molar-refractivity contribution in [1.82, 2.24) is 0 Å². The standard InChI is InChI=1S/C22H23ClN2O2/c1-2-25-19-10-9-18(13-15(19)14-20(25)26)24-21(27)22(11-3-4-12-22)16-5-7-17(23)8-6-16/h5-10,13H,2-4,11-12,14H2,1H3,(H,24,27). The highest BCUT2D eigenvalue weighted by atomic mass is 35.5. The molecule has 4 nitrogen and oxygen atoms in total. The quantitative estimate of drug-likeness (QED) is 0.833. The number of anilines is 2. The molecule has 1 N–H and O–H groups in total. The molecule has 1 heterocycles. The Morgan fingerprint density at radius 3 is 2.52 bits per heavy atom. The van der Waals surface area contributed by atoms with Gasteiger partial charge in [-0.15, -0.1) is 0 Å². The average Bonchev–Trinajstić information content (AvgIpc) is 3.26. The minimum Gasteiger partial charge on any atom is -0.325 e. The fourth-order valence-electron chi connectivity index (χ4n) is 4.45. The molecule has 0 bridgehead atoms. The van der Waals surface area contributed by atoms with Gasteiger partial charge in [0.15, 0.2) is 0 Å². The molecule has 1 aliphatic heterocycles. The van der Waals surface area contributed by atoms with E-state index in [1.54, 1.807) is 4.90 Å². The van der Waals surface area contributed by atoms with Gasteiger partial charge in [-0.2, -0.15) is 0 Å². The molecule has 1 saturated carbocycles. The third-order valence-corrected chi connectivity index (χ3v) is 6.13. The Bertz CT molecular complexity index is 886. The van der Waals surface area contributed by atoms with E-state index >= 15 is 0 Å². The molecule has 4 rings (SSSR count). The van der Waals surface area contributed by atoms with Gasteiger partial charge in [0.05, 0.1) is 11.8 Å². The molecule has 0 radical (unpaired) electrons. The van der Waals surface area contributed by atoms with Crippen LogP contribution in [0.3, 0.4) is 0 Å². The number of carbonyl (C=O) groups excluding carboxylic acids is 2. The van der Waals surface area contributed by atoms with E-state index in [1.807, 2.05) is 49.4 Å². The highest BCUT2D eigenvalue weighted by Gasteiger charge is 2.42. The Morgan fingerprint density at radius 1 is 1.15 bits per heavy atom. The molecular weight excluding hydrogens is 360 g/mol. The monoisotopic (exact) mass is 382 g/mol. The van der Waals surface area contributed by atoms with Gasteiger partial charge in [0, 0.05) is 22.9 Å². The van der Waals surface area contributed by atoms with Gasteiger partial charge in [0.2, 0.25) is 11.8 Å². The predicted octanol–water partition coefficient (Wildman–Crippen LogP) is 4.70. The molecule has 0 saturated heterocycles. The van der Waals surface area contributed by atoms with E-state index < -0.39 is 5.41 Å². The largest absolute Gasteiger partial charge is 0.325 e. The van der Waals surface area contributed by atoms with Crippen molar-refractivity contribution < 1.29 is 9.59 Å². The van der Waals surface area contributed by atoms with Crippen LogP contribution in [0.4, 0.5) is 11.4 Å². The fourth-order valence-corrected chi connectivity index (χ4v) is 4.58. The van der Waals surface area contributed by atoms with E-state index in [0.29, 0.717) is 18.0 Å². The van der Waals surface area contributed by atoms with Crippen LogP contribution in [0.5, 0.6) is 0 Å². The molecule has 2 aromatic carbocycles. The maximum atomic E-state index is 13.3. The van der Waals surface area contributed by atoms with Gasteiger partial charge in [-0.25, -0.2) is 0 Å². The minimum absolute atomic E-state index is 0.0268. The molecule has 2 amide bonds. The van der Waals surface area contributed by atoms with Crippen LogP contribution in [-0.4, -0.2) is 18.4 Å². The van der Waals surface area contributed by atoms with Gasteiger partial charge in [-0.1, -0.05) is 36.6 Å². The molecule has 5 heteroatoms. The lowest BCUT2D eigenvalue weighted by atomic mass is 9.78. The van der Waals surface area contributed by atoms with Gasteiger partial charge >= 0.3 is 0 Å². The lowest BCUT2D eigenvalue weighted by Crippen LogP contribution is -2.38. The lowest BCUT2D eigenvalue weighted by Gasteiger charge is -2.28. The summed E-state index contributed by atoms with van der Waals surface area (Å²) in [6.07, 6.45) is 4.16. The number of carbonyl (C=O) groups is 2. The molecule has 0 unspecified atom stereocenters. The van der Waals surface area contributed by atoms with Crippen molar-refractivity contribution in [3.63, 3.8) is 0 Å². The Morgan fingerprint density at radius 2 is 1.85 bits per heavy atom. The van der Waals surface area contributed by atoms with Crippen molar-refractivity contribution in [2.24, 2.45) is 0 Å². The van der Waals surface area contributed by atoms with Crippen molar-refractivity contribution in [2.75, 3.05) is 16.8 Å². The Kier molecular flexibility index (Phi) is 4.68. The van der Waals surface area contributed by atoms with Gasteiger partial charge in [-0.3, -0.25) is 9.59 Å². The zero-order valence-corrected chi connectivity index (χ0v) is 16.2. The molecule has 27 heavy (non-hydrogen) atoms. The van der Waals surface area contributed by atoms with Crippen LogP contribution in [0.2, 0.25) is 5.02 Å². The van der Waals surface area contributed by atoms with Crippen molar-refractivity contribution in [2.45, 2.75) is 44.4 Å². The highest BCUT2D eigenvalue weighted by molar-refractivity contribution is 6.30. The fraction of sp³-hybridized carbons (Fsp3) is 0.364. The first-order valence-corrected chi connectivity index (χ1v) is 9.92. The number of likely N-dealkylation sites (N-methyl/N-ethyl adjacent to an activating group) is 1. The Hall–Kier alpha value is -2.33. The summed E-state index contributed by atoms with van der Waals surface area (Å²) in [6.45, 7) is 2.63. The summed E-state index contributed by atoms with van der Waals surface area (Å²) >= 11 is 6.03. The molecule has 0 spiro atoms. The summed E-state index contributed by atoms with van der Waals surface area (Å²) in [5.41, 5.74) is 3.20. The summed E-state index contributed by atoms with van der Waals surface area (Å²) in [6, 6.07) is 13.4. The first-order valence-electron chi connectivity index (χ1n) is 9.54. The van der Waals surface area contributed by atoms with E-state index in [2.05, 4.69) is 5.32 Å². The molecule has 0 aromatic heterocycles. The summed E-state index contributed by atoms with van der Waals surface area (Å²) < 4.78 is 0. The van der Waals surface area contributed by atoms with Crippen molar-refractivity contribution in [1.29, 1.82) is 0 Å². The number of hydrogen-bond donors (Lipinski definition) is 1. The van der Waals surface area contributed by atoms with E-state index in [4.69, 9.17) is 11.6 Å². The topological polar surface area (TPSA) is 49.4 Å². The lowest BCUT2D eigenvalue weighted by molar-refractivity contribution is -0.121. The normalized spacial score (nSPS) is 17.9. The maximum absolute atomic E-state index is 13.3. The number of halogens is 1. The van der Waals surface area contributed by atoms with Gasteiger partial charge in [0.1, 0.15) is 0 Å². The maximum Gasteiger partial charge on any atom is 0.235 e. The number of nitrogens with zero attached hydrogens (tertiary/aromatic N) is 1. The van der Waals surface area contributed by atoms with Crippen molar-refractivity contribution >= 4 is 34.8 Å². The van der Waals surface area contributed by atoms with Crippen LogP contribution < -0.4 is 10.2 Å². The molecule has 2 aromatic rings. The highest BCUT2D eigenvalue weighted by Crippen LogP contribution is 2.42. The van der Waals surface area contributed by atoms with Crippen LogP contribution in [0.15, 0.2) is 42.5 Å². The molecule has 1 fully saturated rings. The second kappa shape index (κ2) is 7.01. The van der Waals surface area contributed by atoms with Gasteiger partial charge < -0.3 is 10.2 Å². The van der Waals surface area contributed by atoms with Crippen molar-refractivity contribution in [3.05, 3.63) is 58.6 Å². The second-order valence-electron chi connectivity index (χ2n) is 7.41. The average molecular weight is 383 g/mol. The zero-order valence-electron chi connectivity index (χ0n) is 15.4. The zero-order chi connectivity index (χ0) is 19.0.